The minimum Gasteiger partial charge on any atom is -0.409 e. The van der Waals surface area contributed by atoms with Crippen LogP contribution in [0.1, 0.15) is 50.7 Å². The summed E-state index contributed by atoms with van der Waals surface area (Å²) in [7, 11) is 2.19. The maximum atomic E-state index is 8.77. The van der Waals surface area contributed by atoms with Gasteiger partial charge in [0.1, 0.15) is 0 Å². The van der Waals surface area contributed by atoms with E-state index in [1.165, 1.54) is 31.2 Å². The molecule has 0 atom stereocenters. The maximum absolute atomic E-state index is 8.77. The van der Waals surface area contributed by atoms with Crippen LogP contribution in [0.5, 0.6) is 0 Å². The van der Waals surface area contributed by atoms with E-state index in [0.717, 1.165) is 12.1 Å². The third-order valence-corrected chi connectivity index (χ3v) is 4.69. The molecule has 1 aromatic carbocycles. The van der Waals surface area contributed by atoms with Crippen molar-refractivity contribution in [2.45, 2.75) is 52.1 Å². The van der Waals surface area contributed by atoms with Crippen LogP contribution in [-0.4, -0.2) is 29.0 Å². The first-order chi connectivity index (χ1) is 9.91. The molecule has 116 valence electrons. The van der Waals surface area contributed by atoms with E-state index in [1.807, 2.05) is 18.2 Å². The average molecular weight is 289 g/mol. The van der Waals surface area contributed by atoms with Crippen LogP contribution in [0.25, 0.3) is 0 Å². The Hall–Kier alpha value is -1.55. The highest BCUT2D eigenvalue weighted by Crippen LogP contribution is 2.36. The summed E-state index contributed by atoms with van der Waals surface area (Å²) in [6.07, 6.45) is 5.13. The fourth-order valence-electron chi connectivity index (χ4n) is 3.13. The fourth-order valence-corrected chi connectivity index (χ4v) is 3.13. The highest BCUT2D eigenvalue weighted by molar-refractivity contribution is 5.97. The van der Waals surface area contributed by atoms with Crippen molar-refractivity contribution in [2.24, 2.45) is 16.3 Å². The largest absolute Gasteiger partial charge is 0.409 e. The number of hydrogen-bond donors (Lipinski definition) is 2. The Bertz CT molecular complexity index is 501. The van der Waals surface area contributed by atoms with Crippen LogP contribution in [0.2, 0.25) is 0 Å². The normalized spacial score (nSPS) is 19.9. The van der Waals surface area contributed by atoms with Crippen molar-refractivity contribution in [2.75, 3.05) is 7.05 Å². The molecule has 1 aliphatic rings. The quantitative estimate of drug-likeness (QED) is 0.387. The third kappa shape index (κ3) is 4.21. The SMILES string of the molecule is CN(Cc1cccc(/C(N)=N/O)c1)C1CCC(C)(C)CC1. The summed E-state index contributed by atoms with van der Waals surface area (Å²) in [6.45, 7) is 5.63. The molecule has 0 aromatic heterocycles. The molecule has 0 amide bonds. The molecule has 1 aliphatic carbocycles. The Morgan fingerprint density at radius 3 is 2.67 bits per heavy atom. The van der Waals surface area contributed by atoms with Crippen molar-refractivity contribution in [1.82, 2.24) is 4.90 Å². The van der Waals surface area contributed by atoms with Crippen molar-refractivity contribution in [3.63, 3.8) is 0 Å². The van der Waals surface area contributed by atoms with E-state index in [1.54, 1.807) is 0 Å². The Kier molecular flexibility index (Phi) is 4.88. The van der Waals surface area contributed by atoms with Crippen LogP contribution in [0.4, 0.5) is 0 Å². The smallest absolute Gasteiger partial charge is 0.170 e. The molecule has 2 rings (SSSR count). The van der Waals surface area contributed by atoms with E-state index < -0.39 is 0 Å². The second-order valence-electron chi connectivity index (χ2n) is 7.00. The molecule has 0 bridgehead atoms. The van der Waals surface area contributed by atoms with Crippen molar-refractivity contribution in [3.05, 3.63) is 35.4 Å². The zero-order chi connectivity index (χ0) is 15.5. The Morgan fingerprint density at radius 2 is 2.05 bits per heavy atom. The molecule has 0 spiro atoms. The molecular formula is C17H27N3O. The van der Waals surface area contributed by atoms with E-state index in [-0.39, 0.29) is 5.84 Å². The summed E-state index contributed by atoms with van der Waals surface area (Å²) >= 11 is 0. The first kappa shape index (κ1) is 15.8. The molecule has 0 aliphatic heterocycles. The molecule has 1 aromatic rings. The van der Waals surface area contributed by atoms with Gasteiger partial charge in [-0.05, 0) is 49.8 Å². The summed E-state index contributed by atoms with van der Waals surface area (Å²) in [6, 6.07) is 8.57. The summed E-state index contributed by atoms with van der Waals surface area (Å²) in [5.74, 6) is 0.166. The van der Waals surface area contributed by atoms with Crippen molar-refractivity contribution in [1.29, 1.82) is 0 Å². The van der Waals surface area contributed by atoms with Gasteiger partial charge in [0, 0.05) is 18.2 Å². The van der Waals surface area contributed by atoms with E-state index >= 15 is 0 Å². The molecule has 4 nitrogen and oxygen atoms in total. The zero-order valence-electron chi connectivity index (χ0n) is 13.3. The minimum absolute atomic E-state index is 0.166. The molecule has 1 saturated carbocycles. The van der Waals surface area contributed by atoms with E-state index in [0.29, 0.717) is 11.5 Å². The lowest BCUT2D eigenvalue weighted by Gasteiger charge is -2.38. The molecular weight excluding hydrogens is 262 g/mol. The van der Waals surface area contributed by atoms with Crippen LogP contribution in [0.15, 0.2) is 29.4 Å². The highest BCUT2D eigenvalue weighted by Gasteiger charge is 2.28. The van der Waals surface area contributed by atoms with Gasteiger partial charge in [-0.15, -0.1) is 0 Å². The van der Waals surface area contributed by atoms with Gasteiger partial charge < -0.3 is 10.9 Å². The molecule has 1 fully saturated rings. The van der Waals surface area contributed by atoms with Crippen molar-refractivity contribution >= 4 is 5.84 Å². The van der Waals surface area contributed by atoms with Crippen molar-refractivity contribution < 1.29 is 5.21 Å². The van der Waals surface area contributed by atoms with E-state index in [9.17, 15) is 0 Å². The van der Waals surface area contributed by atoms with Gasteiger partial charge in [0.2, 0.25) is 0 Å². The summed E-state index contributed by atoms with van der Waals surface area (Å²) in [4.78, 5) is 2.43. The summed E-state index contributed by atoms with van der Waals surface area (Å²) in [5, 5.41) is 11.8. The number of nitrogens with two attached hydrogens (primary N) is 1. The van der Waals surface area contributed by atoms with Crippen LogP contribution >= 0.6 is 0 Å². The van der Waals surface area contributed by atoms with Crippen LogP contribution < -0.4 is 5.73 Å². The molecule has 0 heterocycles. The monoisotopic (exact) mass is 289 g/mol. The second-order valence-corrected chi connectivity index (χ2v) is 7.00. The number of amidine groups is 1. The lowest BCUT2D eigenvalue weighted by molar-refractivity contribution is 0.123. The number of oxime groups is 1. The number of benzene rings is 1. The first-order valence-corrected chi connectivity index (χ1v) is 7.68. The van der Waals surface area contributed by atoms with Crippen molar-refractivity contribution in [3.8, 4) is 0 Å². The van der Waals surface area contributed by atoms with Crippen LogP contribution in [0.3, 0.4) is 0 Å². The Balaban J connectivity index is 1.98. The Morgan fingerprint density at radius 1 is 1.38 bits per heavy atom. The summed E-state index contributed by atoms with van der Waals surface area (Å²) < 4.78 is 0. The molecule has 4 heteroatoms. The van der Waals surface area contributed by atoms with Gasteiger partial charge in [-0.2, -0.15) is 0 Å². The van der Waals surface area contributed by atoms with Gasteiger partial charge in [-0.25, -0.2) is 0 Å². The second kappa shape index (κ2) is 6.48. The first-order valence-electron chi connectivity index (χ1n) is 7.68. The zero-order valence-corrected chi connectivity index (χ0v) is 13.3. The predicted molar refractivity (Wildman–Crippen MR) is 86.5 cm³/mol. The lowest BCUT2D eigenvalue weighted by Crippen LogP contribution is -2.36. The van der Waals surface area contributed by atoms with E-state index in [4.69, 9.17) is 10.9 Å². The van der Waals surface area contributed by atoms with Crippen LogP contribution in [-0.2, 0) is 6.54 Å². The number of hydrogen-bond acceptors (Lipinski definition) is 3. The van der Waals surface area contributed by atoms with Gasteiger partial charge in [-0.3, -0.25) is 4.90 Å². The average Bonchev–Trinajstić information content (AvgIpc) is 2.46. The molecule has 0 saturated heterocycles. The maximum Gasteiger partial charge on any atom is 0.170 e. The Labute approximate surface area is 127 Å². The van der Waals surface area contributed by atoms with E-state index in [2.05, 4.69) is 37.0 Å². The molecule has 3 N–H and O–H groups in total. The van der Waals surface area contributed by atoms with Gasteiger partial charge in [0.25, 0.3) is 0 Å². The van der Waals surface area contributed by atoms with Gasteiger partial charge in [-0.1, -0.05) is 37.2 Å². The lowest BCUT2D eigenvalue weighted by atomic mass is 9.75. The molecule has 0 unspecified atom stereocenters. The fraction of sp³-hybridized carbons (Fsp3) is 0.588. The van der Waals surface area contributed by atoms with Gasteiger partial charge >= 0.3 is 0 Å². The van der Waals surface area contributed by atoms with Crippen LogP contribution in [0, 0.1) is 5.41 Å². The molecule has 0 radical (unpaired) electrons. The standard InChI is InChI=1S/C17H27N3O/c1-17(2)9-7-15(8-10-17)20(3)12-13-5-4-6-14(11-13)16(18)19-21/h4-6,11,15,21H,7-10,12H2,1-3H3,(H2,18,19). The van der Waals surface area contributed by atoms with Gasteiger partial charge in [0.15, 0.2) is 5.84 Å². The third-order valence-electron chi connectivity index (χ3n) is 4.69. The molecule has 21 heavy (non-hydrogen) atoms. The number of rotatable bonds is 4. The topological polar surface area (TPSA) is 61.8 Å². The number of nitrogens with zero attached hydrogens (tertiary/aromatic N) is 2. The van der Waals surface area contributed by atoms with Gasteiger partial charge in [0.05, 0.1) is 0 Å². The predicted octanol–water partition coefficient (Wildman–Crippen LogP) is 3.18. The highest BCUT2D eigenvalue weighted by atomic mass is 16.4. The minimum atomic E-state index is 0.166. The summed E-state index contributed by atoms with van der Waals surface area (Å²) in [5.41, 5.74) is 8.13.